The fourth-order valence-electron chi connectivity index (χ4n) is 2.53. The zero-order chi connectivity index (χ0) is 14.2. The molecule has 1 aromatic carbocycles. The summed E-state index contributed by atoms with van der Waals surface area (Å²) in [6, 6.07) is 8.15. The summed E-state index contributed by atoms with van der Waals surface area (Å²) in [5.74, 6) is 0.380. The average molecular weight is 294 g/mol. The normalized spacial score (nSPS) is 23.0. The van der Waals surface area contributed by atoms with E-state index in [2.05, 4.69) is 4.72 Å². The summed E-state index contributed by atoms with van der Waals surface area (Å²) >= 11 is 0. The van der Waals surface area contributed by atoms with Gasteiger partial charge in [-0.05, 0) is 31.4 Å². The number of carbonyl (C=O) groups excluding carboxylic acids is 1. The molecule has 20 heavy (non-hydrogen) atoms. The maximum Gasteiger partial charge on any atom is 0.240 e. The van der Waals surface area contributed by atoms with E-state index >= 15 is 0 Å². The van der Waals surface area contributed by atoms with Crippen LogP contribution in [0.5, 0.6) is 0 Å². The molecule has 3 rings (SSSR count). The largest absolute Gasteiger partial charge is 0.341 e. The molecule has 0 spiro atoms. The summed E-state index contributed by atoms with van der Waals surface area (Å²) in [6.07, 6.45) is 2.65. The van der Waals surface area contributed by atoms with Crippen LogP contribution in [-0.2, 0) is 14.8 Å². The van der Waals surface area contributed by atoms with Crippen molar-refractivity contribution in [2.24, 2.45) is 5.92 Å². The van der Waals surface area contributed by atoms with E-state index in [1.54, 1.807) is 35.2 Å². The van der Waals surface area contributed by atoms with Gasteiger partial charge in [-0.3, -0.25) is 4.79 Å². The van der Waals surface area contributed by atoms with Gasteiger partial charge < -0.3 is 4.90 Å². The smallest absolute Gasteiger partial charge is 0.240 e. The van der Waals surface area contributed by atoms with Crippen LogP contribution in [0.25, 0.3) is 0 Å². The molecule has 0 radical (unpaired) electrons. The van der Waals surface area contributed by atoms with E-state index in [0.717, 1.165) is 12.8 Å². The first-order valence-electron chi connectivity index (χ1n) is 6.92. The first-order valence-corrected chi connectivity index (χ1v) is 8.41. The van der Waals surface area contributed by atoms with Crippen molar-refractivity contribution in [2.75, 3.05) is 13.1 Å². The first kappa shape index (κ1) is 13.6. The Kier molecular flexibility index (Phi) is 3.52. The first-order chi connectivity index (χ1) is 9.56. The Bertz CT molecular complexity index is 596. The molecule has 1 saturated heterocycles. The summed E-state index contributed by atoms with van der Waals surface area (Å²) in [5.41, 5.74) is 0. The number of rotatable bonds is 4. The number of benzene rings is 1. The molecule has 0 bridgehead atoms. The summed E-state index contributed by atoms with van der Waals surface area (Å²) in [7, 11) is -3.49. The van der Waals surface area contributed by atoms with Crippen molar-refractivity contribution in [1.82, 2.24) is 9.62 Å². The van der Waals surface area contributed by atoms with Crippen LogP contribution < -0.4 is 4.72 Å². The lowest BCUT2D eigenvalue weighted by Crippen LogP contribution is -2.38. The number of sulfonamides is 1. The minimum absolute atomic E-state index is 0.178. The lowest BCUT2D eigenvalue weighted by atomic mass is 10.3. The van der Waals surface area contributed by atoms with Gasteiger partial charge in [0.1, 0.15) is 0 Å². The van der Waals surface area contributed by atoms with Crippen LogP contribution in [0.2, 0.25) is 0 Å². The molecule has 2 fully saturated rings. The molecule has 108 valence electrons. The van der Waals surface area contributed by atoms with Gasteiger partial charge in [0.25, 0.3) is 0 Å². The van der Waals surface area contributed by atoms with Crippen LogP contribution in [-0.4, -0.2) is 38.4 Å². The second-order valence-electron chi connectivity index (χ2n) is 5.48. The summed E-state index contributed by atoms with van der Waals surface area (Å²) in [6.45, 7) is 1.14. The quantitative estimate of drug-likeness (QED) is 0.900. The number of likely N-dealkylation sites (tertiary alicyclic amines) is 1. The topological polar surface area (TPSA) is 66.5 Å². The minimum Gasteiger partial charge on any atom is -0.341 e. The van der Waals surface area contributed by atoms with Crippen molar-refractivity contribution >= 4 is 15.9 Å². The molecule has 1 atom stereocenters. The van der Waals surface area contributed by atoms with Gasteiger partial charge >= 0.3 is 0 Å². The van der Waals surface area contributed by atoms with E-state index < -0.39 is 10.0 Å². The zero-order valence-corrected chi connectivity index (χ0v) is 12.0. The van der Waals surface area contributed by atoms with Gasteiger partial charge in [-0.2, -0.15) is 0 Å². The second kappa shape index (κ2) is 5.18. The number of nitrogens with one attached hydrogen (secondary N) is 1. The molecule has 1 N–H and O–H groups in total. The fraction of sp³-hybridized carbons (Fsp3) is 0.500. The molecule has 1 aromatic rings. The van der Waals surface area contributed by atoms with Crippen molar-refractivity contribution in [3.63, 3.8) is 0 Å². The molecule has 1 aliphatic carbocycles. The second-order valence-corrected chi connectivity index (χ2v) is 7.19. The molecular weight excluding hydrogens is 276 g/mol. The zero-order valence-electron chi connectivity index (χ0n) is 11.2. The van der Waals surface area contributed by atoms with E-state index in [1.807, 2.05) is 0 Å². The Labute approximate surface area is 119 Å². The predicted octanol–water partition coefficient (Wildman–Crippen LogP) is 0.976. The highest BCUT2D eigenvalue weighted by atomic mass is 32.2. The van der Waals surface area contributed by atoms with E-state index in [4.69, 9.17) is 0 Å². The summed E-state index contributed by atoms with van der Waals surface area (Å²) in [5, 5.41) is 0. The molecule has 2 aliphatic rings. The number of nitrogens with zero attached hydrogens (tertiary/aromatic N) is 1. The molecular formula is C14H18N2O3S. The van der Waals surface area contributed by atoms with E-state index in [1.165, 1.54) is 0 Å². The molecule has 5 nitrogen and oxygen atoms in total. The molecule has 1 amide bonds. The van der Waals surface area contributed by atoms with E-state index in [0.29, 0.717) is 19.5 Å². The number of hydrogen-bond acceptors (Lipinski definition) is 3. The maximum absolute atomic E-state index is 12.2. The lowest BCUT2D eigenvalue weighted by Gasteiger charge is -2.17. The SMILES string of the molecule is O=C(C1CC1)N1CC[C@H](NS(=O)(=O)c2ccccc2)C1. The Morgan fingerprint density at radius 3 is 2.50 bits per heavy atom. The molecule has 6 heteroatoms. The van der Waals surface area contributed by atoms with Crippen LogP contribution in [0.3, 0.4) is 0 Å². The van der Waals surface area contributed by atoms with Crippen molar-refractivity contribution < 1.29 is 13.2 Å². The summed E-state index contributed by atoms with van der Waals surface area (Å²) < 4.78 is 27.1. The fourth-order valence-corrected chi connectivity index (χ4v) is 3.81. The highest BCUT2D eigenvalue weighted by Gasteiger charge is 2.37. The number of carbonyl (C=O) groups is 1. The third-order valence-electron chi connectivity index (χ3n) is 3.80. The van der Waals surface area contributed by atoms with Crippen LogP contribution in [0.1, 0.15) is 19.3 Å². The lowest BCUT2D eigenvalue weighted by molar-refractivity contribution is -0.131. The average Bonchev–Trinajstić information content (AvgIpc) is 3.19. The van der Waals surface area contributed by atoms with Crippen molar-refractivity contribution in [1.29, 1.82) is 0 Å². The molecule has 1 aliphatic heterocycles. The van der Waals surface area contributed by atoms with Crippen LogP contribution in [0.15, 0.2) is 35.2 Å². The Balaban J connectivity index is 1.63. The third kappa shape index (κ3) is 2.86. The van der Waals surface area contributed by atoms with Gasteiger partial charge in [-0.15, -0.1) is 0 Å². The standard InChI is InChI=1S/C14H18N2O3S/c17-14(11-6-7-11)16-9-8-12(10-16)15-20(18,19)13-4-2-1-3-5-13/h1-5,11-12,15H,6-10H2/t12-/m0/s1. The van der Waals surface area contributed by atoms with E-state index in [9.17, 15) is 13.2 Å². The minimum atomic E-state index is -3.49. The maximum atomic E-state index is 12.2. The molecule has 0 aromatic heterocycles. The predicted molar refractivity (Wildman–Crippen MR) is 74.5 cm³/mol. The van der Waals surface area contributed by atoms with E-state index in [-0.39, 0.29) is 22.8 Å². The molecule has 1 heterocycles. The van der Waals surface area contributed by atoms with Gasteiger partial charge in [-0.1, -0.05) is 18.2 Å². The highest BCUT2D eigenvalue weighted by molar-refractivity contribution is 7.89. The Morgan fingerprint density at radius 2 is 1.85 bits per heavy atom. The number of amides is 1. The van der Waals surface area contributed by atoms with Crippen LogP contribution in [0, 0.1) is 5.92 Å². The third-order valence-corrected chi connectivity index (χ3v) is 5.34. The monoisotopic (exact) mass is 294 g/mol. The van der Waals surface area contributed by atoms with Gasteiger partial charge in [0.05, 0.1) is 4.90 Å². The Hall–Kier alpha value is -1.40. The Morgan fingerprint density at radius 1 is 1.15 bits per heavy atom. The van der Waals surface area contributed by atoms with Crippen molar-refractivity contribution in [2.45, 2.75) is 30.2 Å². The highest BCUT2D eigenvalue weighted by Crippen LogP contribution is 2.32. The molecule has 0 unspecified atom stereocenters. The van der Waals surface area contributed by atoms with Crippen molar-refractivity contribution in [3.8, 4) is 0 Å². The van der Waals surface area contributed by atoms with Gasteiger partial charge in [0, 0.05) is 25.0 Å². The molecule has 1 saturated carbocycles. The van der Waals surface area contributed by atoms with Crippen LogP contribution in [0.4, 0.5) is 0 Å². The van der Waals surface area contributed by atoms with Crippen LogP contribution >= 0.6 is 0 Å². The van der Waals surface area contributed by atoms with Crippen molar-refractivity contribution in [3.05, 3.63) is 30.3 Å². The number of hydrogen-bond donors (Lipinski definition) is 1. The van der Waals surface area contributed by atoms with Gasteiger partial charge in [-0.25, -0.2) is 13.1 Å². The van der Waals surface area contributed by atoms with Gasteiger partial charge in [0.2, 0.25) is 15.9 Å². The summed E-state index contributed by atoms with van der Waals surface area (Å²) in [4.78, 5) is 14.0. The van der Waals surface area contributed by atoms with Gasteiger partial charge in [0.15, 0.2) is 0 Å².